The Morgan fingerprint density at radius 1 is 1.56 bits per heavy atom. The minimum Gasteiger partial charge on any atom is -0.385 e. The molecule has 0 bridgehead atoms. The summed E-state index contributed by atoms with van der Waals surface area (Å²) >= 11 is 0. The smallest absolute Gasteiger partial charge is 0.0922 e. The molecule has 1 fully saturated rings. The number of aromatic amines is 1. The molecule has 0 saturated heterocycles. The molecule has 1 aliphatic rings. The second-order valence-corrected chi connectivity index (χ2v) is 4.78. The highest BCUT2D eigenvalue weighted by atomic mass is 16.5. The van der Waals surface area contributed by atoms with Crippen molar-refractivity contribution in [2.75, 3.05) is 20.3 Å². The Hall–Kier alpha value is -0.870. The van der Waals surface area contributed by atoms with Crippen molar-refractivity contribution in [3.8, 4) is 0 Å². The summed E-state index contributed by atoms with van der Waals surface area (Å²) in [5.41, 5.74) is 1.65. The second kappa shape index (κ2) is 5.46. The summed E-state index contributed by atoms with van der Waals surface area (Å²) in [6.07, 6.45) is 8.82. The van der Waals surface area contributed by atoms with E-state index >= 15 is 0 Å². The molecule has 1 saturated carbocycles. The SMILES string of the molecule is COCCC1(CNCc2cnc[nH]2)CCC1. The lowest BCUT2D eigenvalue weighted by Gasteiger charge is -2.42. The number of rotatable bonds is 7. The van der Waals surface area contributed by atoms with Crippen molar-refractivity contribution >= 4 is 0 Å². The summed E-state index contributed by atoms with van der Waals surface area (Å²) in [7, 11) is 1.78. The number of H-pyrrole nitrogens is 1. The molecular weight excluding hydrogens is 202 g/mol. The molecule has 1 aliphatic carbocycles. The van der Waals surface area contributed by atoms with Gasteiger partial charge in [0.05, 0.1) is 6.33 Å². The van der Waals surface area contributed by atoms with Crippen molar-refractivity contribution in [3.05, 3.63) is 18.2 Å². The number of hydrogen-bond donors (Lipinski definition) is 2. The maximum Gasteiger partial charge on any atom is 0.0922 e. The largest absolute Gasteiger partial charge is 0.385 e. The van der Waals surface area contributed by atoms with Gasteiger partial charge < -0.3 is 15.0 Å². The lowest BCUT2D eigenvalue weighted by molar-refractivity contribution is 0.0688. The van der Waals surface area contributed by atoms with Gasteiger partial charge in [-0.2, -0.15) is 0 Å². The number of methoxy groups -OCH3 is 1. The van der Waals surface area contributed by atoms with E-state index in [9.17, 15) is 0 Å². The molecule has 2 N–H and O–H groups in total. The highest BCUT2D eigenvalue weighted by molar-refractivity contribution is 4.95. The third kappa shape index (κ3) is 2.83. The average Bonchev–Trinajstić information content (AvgIpc) is 2.73. The lowest BCUT2D eigenvalue weighted by Crippen LogP contribution is -2.40. The van der Waals surface area contributed by atoms with Gasteiger partial charge in [0.15, 0.2) is 0 Å². The maximum atomic E-state index is 5.18. The Morgan fingerprint density at radius 3 is 3.00 bits per heavy atom. The molecule has 1 aromatic rings. The average molecular weight is 223 g/mol. The standard InChI is InChI=1S/C12H21N3O/c1-16-6-5-12(3-2-4-12)9-13-7-11-8-14-10-15-11/h8,10,13H,2-7,9H2,1H3,(H,14,15). The topological polar surface area (TPSA) is 49.9 Å². The van der Waals surface area contributed by atoms with Gasteiger partial charge in [-0.25, -0.2) is 4.98 Å². The Morgan fingerprint density at radius 2 is 2.44 bits per heavy atom. The fourth-order valence-electron chi connectivity index (χ4n) is 2.35. The lowest BCUT2D eigenvalue weighted by atomic mass is 9.67. The van der Waals surface area contributed by atoms with Crippen LogP contribution >= 0.6 is 0 Å². The number of imidazole rings is 1. The molecule has 0 spiro atoms. The first-order chi connectivity index (χ1) is 7.85. The van der Waals surface area contributed by atoms with Gasteiger partial charge in [0.1, 0.15) is 0 Å². The predicted molar refractivity (Wildman–Crippen MR) is 63.1 cm³/mol. The minimum absolute atomic E-state index is 0.496. The van der Waals surface area contributed by atoms with Crippen LogP contribution in [0.1, 0.15) is 31.4 Å². The van der Waals surface area contributed by atoms with Crippen LogP contribution in [0.3, 0.4) is 0 Å². The maximum absolute atomic E-state index is 5.18. The molecular formula is C12H21N3O. The van der Waals surface area contributed by atoms with Crippen LogP contribution < -0.4 is 5.32 Å². The number of ether oxygens (including phenoxy) is 1. The molecule has 0 amide bonds. The third-order valence-electron chi connectivity index (χ3n) is 3.62. The highest BCUT2D eigenvalue weighted by Gasteiger charge is 2.35. The zero-order chi connectivity index (χ0) is 11.3. The molecule has 0 radical (unpaired) electrons. The van der Waals surface area contributed by atoms with Crippen molar-refractivity contribution in [1.82, 2.24) is 15.3 Å². The van der Waals surface area contributed by atoms with E-state index in [0.717, 1.165) is 25.4 Å². The van der Waals surface area contributed by atoms with E-state index < -0.39 is 0 Å². The van der Waals surface area contributed by atoms with Crippen LogP contribution in [0.4, 0.5) is 0 Å². The third-order valence-corrected chi connectivity index (χ3v) is 3.62. The monoisotopic (exact) mass is 223 g/mol. The number of aromatic nitrogens is 2. The highest BCUT2D eigenvalue weighted by Crippen LogP contribution is 2.43. The molecule has 1 heterocycles. The molecule has 4 nitrogen and oxygen atoms in total. The van der Waals surface area contributed by atoms with Crippen molar-refractivity contribution in [2.45, 2.75) is 32.2 Å². The molecule has 0 unspecified atom stereocenters. The number of hydrogen-bond acceptors (Lipinski definition) is 3. The summed E-state index contributed by atoms with van der Waals surface area (Å²) < 4.78 is 5.18. The first-order valence-corrected chi connectivity index (χ1v) is 6.02. The molecule has 16 heavy (non-hydrogen) atoms. The fourth-order valence-corrected chi connectivity index (χ4v) is 2.35. The quantitative estimate of drug-likeness (QED) is 0.740. The van der Waals surface area contributed by atoms with E-state index in [2.05, 4.69) is 15.3 Å². The Balaban J connectivity index is 1.70. The zero-order valence-electron chi connectivity index (χ0n) is 9.96. The molecule has 0 aliphatic heterocycles. The van der Waals surface area contributed by atoms with Crippen LogP contribution in [0.5, 0.6) is 0 Å². The van der Waals surface area contributed by atoms with Crippen LogP contribution in [0.25, 0.3) is 0 Å². The van der Waals surface area contributed by atoms with Crippen molar-refractivity contribution in [3.63, 3.8) is 0 Å². The summed E-state index contributed by atoms with van der Waals surface area (Å²) in [6, 6.07) is 0. The Labute approximate surface area is 96.8 Å². The van der Waals surface area contributed by atoms with E-state index in [1.807, 2.05) is 6.20 Å². The van der Waals surface area contributed by atoms with Gasteiger partial charge in [0.25, 0.3) is 0 Å². The molecule has 90 valence electrons. The van der Waals surface area contributed by atoms with Gasteiger partial charge in [-0.3, -0.25) is 0 Å². The van der Waals surface area contributed by atoms with Crippen LogP contribution in [-0.4, -0.2) is 30.2 Å². The van der Waals surface area contributed by atoms with E-state index in [4.69, 9.17) is 4.74 Å². The predicted octanol–water partition coefficient (Wildman–Crippen LogP) is 1.71. The van der Waals surface area contributed by atoms with Crippen molar-refractivity contribution in [1.29, 1.82) is 0 Å². The van der Waals surface area contributed by atoms with Crippen LogP contribution in [0.15, 0.2) is 12.5 Å². The normalized spacial score (nSPS) is 18.3. The molecule has 4 heteroatoms. The molecule has 2 rings (SSSR count). The second-order valence-electron chi connectivity index (χ2n) is 4.78. The summed E-state index contributed by atoms with van der Waals surface area (Å²) in [6.45, 7) is 2.86. The van der Waals surface area contributed by atoms with E-state index in [-0.39, 0.29) is 0 Å². The Kier molecular flexibility index (Phi) is 3.96. The Bertz CT molecular complexity index is 293. The number of nitrogens with zero attached hydrogens (tertiary/aromatic N) is 1. The minimum atomic E-state index is 0.496. The molecule has 1 aromatic heterocycles. The molecule has 0 aromatic carbocycles. The van der Waals surface area contributed by atoms with Crippen LogP contribution in [0, 0.1) is 5.41 Å². The van der Waals surface area contributed by atoms with Gasteiger partial charge in [0.2, 0.25) is 0 Å². The van der Waals surface area contributed by atoms with Crippen molar-refractivity contribution < 1.29 is 4.74 Å². The van der Waals surface area contributed by atoms with E-state index in [1.54, 1.807) is 13.4 Å². The van der Waals surface area contributed by atoms with Crippen molar-refractivity contribution in [2.24, 2.45) is 5.41 Å². The van der Waals surface area contributed by atoms with E-state index in [1.165, 1.54) is 25.7 Å². The summed E-state index contributed by atoms with van der Waals surface area (Å²) in [5, 5.41) is 3.51. The van der Waals surface area contributed by atoms with Crippen LogP contribution in [-0.2, 0) is 11.3 Å². The van der Waals surface area contributed by atoms with Crippen LogP contribution in [0.2, 0.25) is 0 Å². The van der Waals surface area contributed by atoms with Gasteiger partial charge >= 0.3 is 0 Å². The fraction of sp³-hybridized carbons (Fsp3) is 0.750. The van der Waals surface area contributed by atoms with E-state index in [0.29, 0.717) is 5.41 Å². The first kappa shape index (κ1) is 11.6. The zero-order valence-corrected chi connectivity index (χ0v) is 9.96. The molecule has 0 atom stereocenters. The number of nitrogens with one attached hydrogen (secondary N) is 2. The summed E-state index contributed by atoms with van der Waals surface area (Å²) in [5.74, 6) is 0. The van der Waals surface area contributed by atoms with Gasteiger partial charge in [-0.05, 0) is 24.7 Å². The van der Waals surface area contributed by atoms with Gasteiger partial charge in [0, 0.05) is 38.7 Å². The van der Waals surface area contributed by atoms with Gasteiger partial charge in [-0.1, -0.05) is 6.42 Å². The first-order valence-electron chi connectivity index (χ1n) is 6.02. The van der Waals surface area contributed by atoms with Gasteiger partial charge in [-0.15, -0.1) is 0 Å². The summed E-state index contributed by atoms with van der Waals surface area (Å²) in [4.78, 5) is 7.11.